The minimum atomic E-state index is 0.228. The smallest absolute Gasteiger partial charge is 0.177 e. The van der Waals surface area contributed by atoms with Crippen LogP contribution in [-0.2, 0) is 0 Å². The summed E-state index contributed by atoms with van der Waals surface area (Å²) in [6.07, 6.45) is 6.42. The molecule has 1 aromatic rings. The number of halogens is 1. The molecule has 1 aliphatic rings. The third-order valence-electron chi connectivity index (χ3n) is 4.18. The van der Waals surface area contributed by atoms with E-state index in [1.54, 1.807) is 0 Å². The van der Waals surface area contributed by atoms with E-state index in [4.69, 9.17) is 0 Å². The maximum atomic E-state index is 12.4. The first kappa shape index (κ1) is 15.7. The van der Waals surface area contributed by atoms with Crippen LogP contribution in [0.15, 0.2) is 28.7 Å². The molecule has 0 amide bonds. The van der Waals surface area contributed by atoms with Crippen LogP contribution in [0.25, 0.3) is 0 Å². The van der Waals surface area contributed by atoms with Gasteiger partial charge in [0.15, 0.2) is 5.78 Å². The fourth-order valence-electron chi connectivity index (χ4n) is 3.06. The summed E-state index contributed by atoms with van der Waals surface area (Å²) in [6, 6.07) is 7.72. The number of Topliss-reactive ketones (excluding diaryl/α,β-unsaturated/α-hetero) is 1. The Hall–Kier alpha value is -0.670. The molecule has 0 aromatic heterocycles. The highest BCUT2D eigenvalue weighted by molar-refractivity contribution is 9.10. The highest BCUT2D eigenvalue weighted by atomic mass is 79.9. The van der Waals surface area contributed by atoms with Gasteiger partial charge in [-0.15, -0.1) is 0 Å². The number of nitrogens with zero attached hydrogens (tertiary/aromatic N) is 1. The molecule has 3 heteroatoms. The summed E-state index contributed by atoms with van der Waals surface area (Å²) in [7, 11) is 0. The van der Waals surface area contributed by atoms with Crippen molar-refractivity contribution >= 4 is 21.7 Å². The van der Waals surface area contributed by atoms with Gasteiger partial charge >= 0.3 is 0 Å². The molecule has 0 saturated carbocycles. The number of carbonyl (C=O) groups excluding carboxylic acids is 1. The SMILES string of the molecule is CCCC1CCCN(CC(=O)c2ccccc2Br)CC1. The van der Waals surface area contributed by atoms with Gasteiger partial charge < -0.3 is 0 Å². The van der Waals surface area contributed by atoms with Crippen LogP contribution < -0.4 is 0 Å². The molecule has 1 heterocycles. The van der Waals surface area contributed by atoms with Gasteiger partial charge in [0.1, 0.15) is 0 Å². The Kier molecular flexibility index (Phi) is 6.24. The predicted molar refractivity (Wildman–Crippen MR) is 87.2 cm³/mol. The van der Waals surface area contributed by atoms with E-state index < -0.39 is 0 Å². The van der Waals surface area contributed by atoms with Gasteiger partial charge in [0.25, 0.3) is 0 Å². The largest absolute Gasteiger partial charge is 0.296 e. The first-order valence-corrected chi connectivity index (χ1v) is 8.50. The van der Waals surface area contributed by atoms with Crippen molar-refractivity contribution in [3.8, 4) is 0 Å². The van der Waals surface area contributed by atoms with Crippen molar-refractivity contribution in [3.63, 3.8) is 0 Å². The first-order chi connectivity index (χ1) is 9.70. The third-order valence-corrected chi connectivity index (χ3v) is 4.87. The zero-order valence-electron chi connectivity index (χ0n) is 12.3. The monoisotopic (exact) mass is 337 g/mol. The van der Waals surface area contributed by atoms with Crippen molar-refractivity contribution < 1.29 is 4.79 Å². The number of likely N-dealkylation sites (tertiary alicyclic amines) is 1. The van der Waals surface area contributed by atoms with E-state index in [1.165, 1.54) is 32.1 Å². The minimum Gasteiger partial charge on any atom is -0.296 e. The van der Waals surface area contributed by atoms with Gasteiger partial charge in [0, 0.05) is 10.0 Å². The van der Waals surface area contributed by atoms with Crippen LogP contribution >= 0.6 is 15.9 Å². The van der Waals surface area contributed by atoms with E-state index in [9.17, 15) is 4.79 Å². The predicted octanol–water partition coefficient (Wildman–Crippen LogP) is 4.53. The molecule has 2 rings (SSSR count). The summed E-state index contributed by atoms with van der Waals surface area (Å²) in [5, 5.41) is 0. The third kappa shape index (κ3) is 4.42. The normalized spacial score (nSPS) is 20.6. The molecule has 1 aromatic carbocycles. The Bertz CT molecular complexity index is 446. The van der Waals surface area contributed by atoms with E-state index >= 15 is 0 Å². The lowest BCUT2D eigenvalue weighted by Crippen LogP contribution is -2.31. The Balaban J connectivity index is 1.90. The van der Waals surface area contributed by atoms with Crippen LogP contribution in [-0.4, -0.2) is 30.3 Å². The van der Waals surface area contributed by atoms with Crippen molar-refractivity contribution in [1.29, 1.82) is 0 Å². The number of ketones is 1. The molecule has 20 heavy (non-hydrogen) atoms. The molecular weight excluding hydrogens is 314 g/mol. The van der Waals surface area contributed by atoms with Crippen molar-refractivity contribution in [2.45, 2.75) is 39.0 Å². The van der Waals surface area contributed by atoms with Crippen molar-refractivity contribution in [2.75, 3.05) is 19.6 Å². The minimum absolute atomic E-state index is 0.228. The van der Waals surface area contributed by atoms with Gasteiger partial charge in [0.2, 0.25) is 0 Å². The summed E-state index contributed by atoms with van der Waals surface area (Å²) in [5.41, 5.74) is 0.807. The van der Waals surface area contributed by atoms with E-state index in [0.717, 1.165) is 29.0 Å². The van der Waals surface area contributed by atoms with Crippen LogP contribution in [0.5, 0.6) is 0 Å². The molecule has 0 spiro atoms. The summed E-state index contributed by atoms with van der Waals surface area (Å²) in [6.45, 7) is 4.96. The Morgan fingerprint density at radius 1 is 1.30 bits per heavy atom. The number of benzene rings is 1. The molecule has 1 saturated heterocycles. The number of hydrogen-bond donors (Lipinski definition) is 0. The molecule has 1 aliphatic heterocycles. The average Bonchev–Trinajstić information content (AvgIpc) is 2.65. The van der Waals surface area contributed by atoms with Crippen molar-refractivity contribution in [2.24, 2.45) is 5.92 Å². The summed E-state index contributed by atoms with van der Waals surface area (Å²) >= 11 is 3.47. The van der Waals surface area contributed by atoms with Gasteiger partial charge in [-0.25, -0.2) is 0 Å². The van der Waals surface area contributed by atoms with Crippen LogP contribution in [0.3, 0.4) is 0 Å². The van der Waals surface area contributed by atoms with E-state index in [-0.39, 0.29) is 5.78 Å². The molecule has 0 aliphatic carbocycles. The molecule has 1 atom stereocenters. The van der Waals surface area contributed by atoms with E-state index in [1.807, 2.05) is 24.3 Å². The molecular formula is C17H24BrNO. The summed E-state index contributed by atoms with van der Waals surface area (Å²) < 4.78 is 0.906. The van der Waals surface area contributed by atoms with Crippen LogP contribution in [0, 0.1) is 5.92 Å². The van der Waals surface area contributed by atoms with E-state index in [2.05, 4.69) is 27.8 Å². The van der Waals surface area contributed by atoms with Gasteiger partial charge in [-0.05, 0) is 44.3 Å². The van der Waals surface area contributed by atoms with Crippen molar-refractivity contribution in [3.05, 3.63) is 34.3 Å². The zero-order chi connectivity index (χ0) is 14.4. The van der Waals surface area contributed by atoms with Gasteiger partial charge in [0.05, 0.1) is 6.54 Å². The quantitative estimate of drug-likeness (QED) is 0.735. The zero-order valence-corrected chi connectivity index (χ0v) is 13.9. The first-order valence-electron chi connectivity index (χ1n) is 7.70. The summed E-state index contributed by atoms with van der Waals surface area (Å²) in [4.78, 5) is 14.7. The molecule has 110 valence electrons. The molecule has 1 fully saturated rings. The molecule has 2 nitrogen and oxygen atoms in total. The van der Waals surface area contributed by atoms with Crippen LogP contribution in [0.4, 0.5) is 0 Å². The lowest BCUT2D eigenvalue weighted by molar-refractivity contribution is 0.0931. The molecule has 0 bridgehead atoms. The van der Waals surface area contributed by atoms with Gasteiger partial charge in [-0.1, -0.05) is 53.9 Å². The molecule has 0 radical (unpaired) electrons. The average molecular weight is 338 g/mol. The topological polar surface area (TPSA) is 20.3 Å². The number of hydrogen-bond acceptors (Lipinski definition) is 2. The highest BCUT2D eigenvalue weighted by Gasteiger charge is 2.19. The standard InChI is InChI=1S/C17H24BrNO/c1-2-6-14-7-5-11-19(12-10-14)13-17(20)15-8-3-4-9-16(15)18/h3-4,8-9,14H,2,5-7,10-13H2,1H3. The molecule has 0 N–H and O–H groups in total. The second-order valence-electron chi connectivity index (χ2n) is 5.76. The van der Waals surface area contributed by atoms with E-state index in [0.29, 0.717) is 6.54 Å². The molecule has 1 unspecified atom stereocenters. The fraction of sp³-hybridized carbons (Fsp3) is 0.588. The number of rotatable bonds is 5. The van der Waals surface area contributed by atoms with Gasteiger partial charge in [-0.3, -0.25) is 9.69 Å². The van der Waals surface area contributed by atoms with Crippen LogP contribution in [0.2, 0.25) is 0 Å². The van der Waals surface area contributed by atoms with Gasteiger partial charge in [-0.2, -0.15) is 0 Å². The Labute approximate surface area is 130 Å². The maximum absolute atomic E-state index is 12.4. The maximum Gasteiger partial charge on any atom is 0.177 e. The lowest BCUT2D eigenvalue weighted by atomic mass is 9.96. The highest BCUT2D eigenvalue weighted by Crippen LogP contribution is 2.22. The fourth-order valence-corrected chi connectivity index (χ4v) is 3.56. The van der Waals surface area contributed by atoms with Crippen LogP contribution in [0.1, 0.15) is 49.4 Å². The van der Waals surface area contributed by atoms with Crippen molar-refractivity contribution in [1.82, 2.24) is 4.90 Å². The second kappa shape index (κ2) is 7.94. The Morgan fingerprint density at radius 3 is 2.85 bits per heavy atom. The lowest BCUT2D eigenvalue weighted by Gasteiger charge is -2.19. The second-order valence-corrected chi connectivity index (χ2v) is 6.62. The summed E-state index contributed by atoms with van der Waals surface area (Å²) in [5.74, 6) is 1.09. The Morgan fingerprint density at radius 2 is 2.10 bits per heavy atom. The number of carbonyl (C=O) groups is 1.